The summed E-state index contributed by atoms with van der Waals surface area (Å²) in [4.78, 5) is 17.2. The average Bonchev–Trinajstić information content (AvgIpc) is 3.18. The Morgan fingerprint density at radius 2 is 1.74 bits per heavy atom. The van der Waals surface area contributed by atoms with Crippen molar-refractivity contribution in [1.29, 1.82) is 0 Å². The third-order valence-corrected chi connectivity index (χ3v) is 6.30. The fourth-order valence-corrected chi connectivity index (χ4v) is 4.55. The van der Waals surface area contributed by atoms with Crippen molar-refractivity contribution in [2.24, 2.45) is 0 Å². The smallest absolute Gasteiger partial charge is 0.224 e. The predicted octanol–water partition coefficient (Wildman–Crippen LogP) is 6.07. The van der Waals surface area contributed by atoms with E-state index < -0.39 is 0 Å². The first-order valence-corrected chi connectivity index (χ1v) is 12.5. The van der Waals surface area contributed by atoms with Crippen molar-refractivity contribution in [3.8, 4) is 5.75 Å². The lowest BCUT2D eigenvalue weighted by Gasteiger charge is -2.12. The molecule has 1 N–H and O–H groups in total. The average molecular weight is 490 g/mol. The molecular weight excluding hydrogens is 458 g/mol. The van der Waals surface area contributed by atoms with Crippen LogP contribution < -0.4 is 10.1 Å². The van der Waals surface area contributed by atoms with E-state index in [1.165, 1.54) is 11.1 Å². The molecule has 0 atom stereocenters. The van der Waals surface area contributed by atoms with Crippen molar-refractivity contribution in [3.63, 3.8) is 0 Å². The molecule has 35 heavy (non-hydrogen) atoms. The van der Waals surface area contributed by atoms with Gasteiger partial charge in [-0.1, -0.05) is 48.0 Å². The van der Waals surface area contributed by atoms with Crippen LogP contribution in [0.5, 0.6) is 5.75 Å². The number of ether oxygens (including phenoxy) is 1. The molecule has 3 aromatic carbocycles. The van der Waals surface area contributed by atoms with Gasteiger partial charge in [0.15, 0.2) is 0 Å². The van der Waals surface area contributed by atoms with Gasteiger partial charge in [-0.05, 0) is 73.7 Å². The molecule has 182 valence electrons. The van der Waals surface area contributed by atoms with Gasteiger partial charge in [-0.3, -0.25) is 4.79 Å². The van der Waals surface area contributed by atoms with Crippen LogP contribution in [-0.4, -0.2) is 28.6 Å². The summed E-state index contributed by atoms with van der Waals surface area (Å²) in [6.45, 7) is 6.25. The highest BCUT2D eigenvalue weighted by atomic mass is 35.5. The maximum absolute atomic E-state index is 12.3. The molecule has 4 rings (SSSR count). The SMILES string of the molecule is Cc1cc(C)cc(OCCCn2c(CCCNC(=O)Cc3ccccc3Cl)nc3ccccc32)c1. The molecule has 5 nitrogen and oxygen atoms in total. The molecule has 0 bridgehead atoms. The normalized spacial score (nSPS) is 11.1. The van der Waals surface area contributed by atoms with E-state index in [0.717, 1.165) is 54.0 Å². The summed E-state index contributed by atoms with van der Waals surface area (Å²) in [7, 11) is 0. The number of aryl methyl sites for hydroxylation is 4. The quantitative estimate of drug-likeness (QED) is 0.260. The molecule has 0 radical (unpaired) electrons. The zero-order chi connectivity index (χ0) is 24.6. The number of fused-ring (bicyclic) bond motifs is 1. The zero-order valence-corrected chi connectivity index (χ0v) is 21.1. The summed E-state index contributed by atoms with van der Waals surface area (Å²) in [6.07, 6.45) is 2.78. The third kappa shape index (κ3) is 6.86. The van der Waals surface area contributed by atoms with Gasteiger partial charge in [0, 0.05) is 24.5 Å². The van der Waals surface area contributed by atoms with Gasteiger partial charge in [-0.2, -0.15) is 0 Å². The minimum atomic E-state index is -0.0184. The second-order valence-electron chi connectivity index (χ2n) is 8.92. The number of halogens is 1. The zero-order valence-electron chi connectivity index (χ0n) is 20.4. The predicted molar refractivity (Wildman–Crippen MR) is 142 cm³/mol. The van der Waals surface area contributed by atoms with E-state index in [-0.39, 0.29) is 5.91 Å². The second-order valence-corrected chi connectivity index (χ2v) is 9.32. The Bertz CT molecular complexity index is 1280. The van der Waals surface area contributed by atoms with Crippen molar-refractivity contribution >= 4 is 28.5 Å². The first-order chi connectivity index (χ1) is 17.0. The number of nitrogens with one attached hydrogen (secondary N) is 1. The minimum Gasteiger partial charge on any atom is -0.494 e. The van der Waals surface area contributed by atoms with Crippen molar-refractivity contribution in [1.82, 2.24) is 14.9 Å². The number of carbonyl (C=O) groups is 1. The molecule has 0 spiro atoms. The summed E-state index contributed by atoms with van der Waals surface area (Å²) in [5.41, 5.74) is 5.40. The van der Waals surface area contributed by atoms with Gasteiger partial charge in [0.2, 0.25) is 5.91 Å². The number of nitrogens with zero attached hydrogens (tertiary/aromatic N) is 2. The molecule has 1 heterocycles. The number of hydrogen-bond acceptors (Lipinski definition) is 3. The number of amides is 1. The van der Waals surface area contributed by atoms with Crippen LogP contribution in [0.1, 0.15) is 35.4 Å². The first kappa shape index (κ1) is 24.8. The van der Waals surface area contributed by atoms with Gasteiger partial charge in [-0.25, -0.2) is 4.98 Å². The van der Waals surface area contributed by atoms with Crippen molar-refractivity contribution in [2.75, 3.05) is 13.2 Å². The van der Waals surface area contributed by atoms with Crippen LogP contribution in [0, 0.1) is 13.8 Å². The van der Waals surface area contributed by atoms with Gasteiger partial charge < -0.3 is 14.6 Å². The Hall–Kier alpha value is -3.31. The Labute approximate surface area is 212 Å². The Balaban J connectivity index is 1.30. The number of para-hydroxylation sites is 2. The molecule has 0 fully saturated rings. The number of hydrogen-bond donors (Lipinski definition) is 1. The molecule has 0 saturated heterocycles. The molecule has 0 saturated carbocycles. The van der Waals surface area contributed by atoms with Crippen LogP contribution in [0.4, 0.5) is 0 Å². The summed E-state index contributed by atoms with van der Waals surface area (Å²) in [6, 6.07) is 22.0. The van der Waals surface area contributed by atoms with Crippen LogP contribution in [0.3, 0.4) is 0 Å². The summed E-state index contributed by atoms with van der Waals surface area (Å²) < 4.78 is 8.29. The molecule has 0 unspecified atom stereocenters. The van der Waals surface area contributed by atoms with Gasteiger partial charge in [0.1, 0.15) is 11.6 Å². The molecule has 0 aliphatic heterocycles. The Morgan fingerprint density at radius 3 is 2.54 bits per heavy atom. The Morgan fingerprint density at radius 1 is 1.00 bits per heavy atom. The second kappa shape index (κ2) is 11.9. The molecule has 1 aromatic heterocycles. The topological polar surface area (TPSA) is 56.1 Å². The van der Waals surface area contributed by atoms with Gasteiger partial charge in [-0.15, -0.1) is 0 Å². The highest BCUT2D eigenvalue weighted by molar-refractivity contribution is 6.31. The van der Waals surface area contributed by atoms with E-state index in [0.29, 0.717) is 24.6 Å². The van der Waals surface area contributed by atoms with Crippen molar-refractivity contribution in [3.05, 3.63) is 94.3 Å². The largest absolute Gasteiger partial charge is 0.494 e. The number of aromatic nitrogens is 2. The molecule has 1 amide bonds. The standard InChI is InChI=1S/C29H32ClN3O2/c1-21-17-22(2)19-24(18-21)35-16-8-15-33-27-12-6-5-11-26(27)32-28(33)13-7-14-31-29(34)20-23-9-3-4-10-25(23)30/h3-6,9-12,17-19H,7-8,13-16,20H2,1-2H3,(H,31,34). The van der Waals surface area contributed by atoms with Crippen LogP contribution in [-0.2, 0) is 24.2 Å². The van der Waals surface area contributed by atoms with Crippen molar-refractivity contribution < 1.29 is 9.53 Å². The molecule has 6 heteroatoms. The van der Waals surface area contributed by atoms with E-state index in [1.807, 2.05) is 42.5 Å². The fourth-order valence-electron chi connectivity index (χ4n) is 4.35. The van der Waals surface area contributed by atoms with E-state index in [4.69, 9.17) is 21.3 Å². The maximum atomic E-state index is 12.3. The van der Waals surface area contributed by atoms with Crippen molar-refractivity contribution in [2.45, 2.75) is 46.1 Å². The van der Waals surface area contributed by atoms with Gasteiger partial charge in [0.05, 0.1) is 24.1 Å². The lowest BCUT2D eigenvalue weighted by molar-refractivity contribution is -0.120. The molecular formula is C29H32ClN3O2. The van der Waals surface area contributed by atoms with E-state index >= 15 is 0 Å². The highest BCUT2D eigenvalue weighted by Gasteiger charge is 2.11. The number of rotatable bonds is 11. The van der Waals surface area contributed by atoms with E-state index in [9.17, 15) is 4.79 Å². The summed E-state index contributed by atoms with van der Waals surface area (Å²) in [5.74, 6) is 1.94. The molecule has 0 aliphatic carbocycles. The van der Waals surface area contributed by atoms with E-state index in [2.05, 4.69) is 48.0 Å². The lowest BCUT2D eigenvalue weighted by Crippen LogP contribution is -2.26. The number of benzene rings is 3. The highest BCUT2D eigenvalue weighted by Crippen LogP contribution is 2.19. The first-order valence-electron chi connectivity index (χ1n) is 12.1. The van der Waals surface area contributed by atoms with Crippen LogP contribution in [0.2, 0.25) is 5.02 Å². The number of imidazole rings is 1. The fraction of sp³-hybridized carbons (Fsp3) is 0.310. The van der Waals surface area contributed by atoms with Crippen LogP contribution in [0.25, 0.3) is 11.0 Å². The minimum absolute atomic E-state index is 0.0184. The number of carbonyl (C=O) groups excluding carboxylic acids is 1. The van der Waals surface area contributed by atoms with Crippen LogP contribution in [0.15, 0.2) is 66.7 Å². The van der Waals surface area contributed by atoms with Gasteiger partial charge >= 0.3 is 0 Å². The molecule has 4 aromatic rings. The Kier molecular flexibility index (Phi) is 8.43. The third-order valence-electron chi connectivity index (χ3n) is 5.93. The summed E-state index contributed by atoms with van der Waals surface area (Å²) in [5, 5.41) is 3.63. The van der Waals surface area contributed by atoms with E-state index in [1.54, 1.807) is 0 Å². The lowest BCUT2D eigenvalue weighted by atomic mass is 10.1. The monoisotopic (exact) mass is 489 g/mol. The summed E-state index contributed by atoms with van der Waals surface area (Å²) >= 11 is 6.17. The maximum Gasteiger partial charge on any atom is 0.224 e. The molecule has 0 aliphatic rings. The van der Waals surface area contributed by atoms with Gasteiger partial charge in [0.25, 0.3) is 0 Å². The van der Waals surface area contributed by atoms with Crippen LogP contribution >= 0.6 is 11.6 Å².